The van der Waals surface area contributed by atoms with Gasteiger partial charge in [-0.1, -0.05) is 0 Å². The average Bonchev–Trinajstić information content (AvgIpc) is 2.25. The van der Waals surface area contributed by atoms with Crippen LogP contribution in [0.3, 0.4) is 0 Å². The molecule has 1 aliphatic rings. The van der Waals surface area contributed by atoms with E-state index in [4.69, 9.17) is 4.74 Å². The van der Waals surface area contributed by atoms with E-state index in [1.807, 2.05) is 6.92 Å². The number of carbonyl (C=O) groups is 1. The fourth-order valence-corrected chi connectivity index (χ4v) is 3.41. The van der Waals surface area contributed by atoms with Crippen molar-refractivity contribution in [3.63, 3.8) is 0 Å². The molecule has 0 saturated heterocycles. The van der Waals surface area contributed by atoms with Crippen molar-refractivity contribution in [2.75, 3.05) is 7.11 Å². The topological polar surface area (TPSA) is 26.3 Å². The van der Waals surface area contributed by atoms with Crippen molar-refractivity contribution in [3.05, 3.63) is 29.6 Å². The van der Waals surface area contributed by atoms with Gasteiger partial charge < -0.3 is 4.74 Å². The number of esters is 1. The first-order chi connectivity index (χ1) is 8.07. The molecule has 1 fully saturated rings. The van der Waals surface area contributed by atoms with Crippen molar-refractivity contribution in [2.24, 2.45) is 0 Å². The van der Waals surface area contributed by atoms with E-state index in [0.29, 0.717) is 0 Å². The summed E-state index contributed by atoms with van der Waals surface area (Å²) in [4.78, 5) is 12.7. The van der Waals surface area contributed by atoms with Gasteiger partial charge in [-0.15, -0.1) is 11.8 Å². The molecule has 1 aliphatic carbocycles. The third-order valence-corrected chi connectivity index (χ3v) is 4.80. The van der Waals surface area contributed by atoms with E-state index in [9.17, 15) is 9.18 Å². The number of halogens is 1. The summed E-state index contributed by atoms with van der Waals surface area (Å²) in [5.74, 6) is -0.412. The fourth-order valence-electron chi connectivity index (χ4n) is 1.97. The van der Waals surface area contributed by atoms with Gasteiger partial charge >= 0.3 is 5.97 Å². The Balaban J connectivity index is 2.21. The standard InChI is InChI=1S/C13H15FO2S/c1-9-8-10(14)4-5-11(9)17-13(6-3-7-13)12(15)16-2/h4-5,8H,3,6-7H2,1-2H3. The molecular weight excluding hydrogens is 239 g/mol. The van der Waals surface area contributed by atoms with Crippen LogP contribution in [0.2, 0.25) is 0 Å². The fraction of sp³-hybridized carbons (Fsp3) is 0.462. The number of thioether (sulfide) groups is 1. The van der Waals surface area contributed by atoms with Gasteiger partial charge in [-0.05, 0) is 49.9 Å². The molecule has 0 amide bonds. The lowest BCUT2D eigenvalue weighted by molar-refractivity contribution is -0.145. The molecule has 1 aromatic carbocycles. The summed E-state index contributed by atoms with van der Waals surface area (Å²) < 4.78 is 17.4. The Morgan fingerprint density at radius 3 is 2.65 bits per heavy atom. The molecule has 0 heterocycles. The number of hydrogen-bond donors (Lipinski definition) is 0. The van der Waals surface area contributed by atoms with Crippen LogP contribution in [0.5, 0.6) is 0 Å². The second-order valence-corrected chi connectivity index (χ2v) is 5.78. The Morgan fingerprint density at radius 2 is 2.18 bits per heavy atom. The zero-order valence-corrected chi connectivity index (χ0v) is 10.8. The van der Waals surface area contributed by atoms with Crippen LogP contribution in [0.15, 0.2) is 23.1 Å². The van der Waals surface area contributed by atoms with Gasteiger partial charge in [0.05, 0.1) is 7.11 Å². The van der Waals surface area contributed by atoms with Crippen molar-refractivity contribution < 1.29 is 13.9 Å². The van der Waals surface area contributed by atoms with Gasteiger partial charge in [0.15, 0.2) is 0 Å². The molecule has 92 valence electrons. The maximum absolute atomic E-state index is 13.0. The normalized spacial score (nSPS) is 17.4. The molecule has 0 unspecified atom stereocenters. The number of aryl methyl sites for hydroxylation is 1. The number of benzene rings is 1. The van der Waals surface area contributed by atoms with Crippen LogP contribution in [0.4, 0.5) is 4.39 Å². The molecular formula is C13H15FO2S. The first-order valence-electron chi connectivity index (χ1n) is 5.61. The summed E-state index contributed by atoms with van der Waals surface area (Å²) >= 11 is 1.50. The lowest BCUT2D eigenvalue weighted by atomic mass is 9.84. The molecule has 0 bridgehead atoms. The predicted molar refractivity (Wildman–Crippen MR) is 65.6 cm³/mol. The van der Waals surface area contributed by atoms with Crippen LogP contribution in [0.1, 0.15) is 24.8 Å². The summed E-state index contributed by atoms with van der Waals surface area (Å²) in [6.45, 7) is 1.86. The zero-order valence-electron chi connectivity index (χ0n) is 9.96. The van der Waals surface area contributed by atoms with Gasteiger partial charge in [0, 0.05) is 4.90 Å². The van der Waals surface area contributed by atoms with Crippen molar-refractivity contribution in [3.8, 4) is 0 Å². The maximum atomic E-state index is 13.0. The average molecular weight is 254 g/mol. The Hall–Kier alpha value is -1.03. The van der Waals surface area contributed by atoms with Gasteiger partial charge in [0.1, 0.15) is 10.6 Å². The Labute approximate surface area is 105 Å². The zero-order chi connectivity index (χ0) is 12.5. The SMILES string of the molecule is COC(=O)C1(Sc2ccc(F)cc2C)CCC1. The number of carbonyl (C=O) groups excluding carboxylic acids is 1. The van der Waals surface area contributed by atoms with Crippen molar-refractivity contribution in [2.45, 2.75) is 35.8 Å². The van der Waals surface area contributed by atoms with E-state index >= 15 is 0 Å². The summed E-state index contributed by atoms with van der Waals surface area (Å²) in [6, 6.07) is 4.66. The number of hydrogen-bond acceptors (Lipinski definition) is 3. The van der Waals surface area contributed by atoms with Crippen molar-refractivity contribution in [1.82, 2.24) is 0 Å². The molecule has 0 aromatic heterocycles. The molecule has 0 radical (unpaired) electrons. The van der Waals surface area contributed by atoms with Crippen LogP contribution in [-0.4, -0.2) is 17.8 Å². The second-order valence-electron chi connectivity index (χ2n) is 4.35. The highest BCUT2D eigenvalue weighted by atomic mass is 32.2. The summed E-state index contributed by atoms with van der Waals surface area (Å²) in [7, 11) is 1.42. The third kappa shape index (κ3) is 2.32. The van der Waals surface area contributed by atoms with Gasteiger partial charge in [-0.3, -0.25) is 4.79 Å². The Bertz CT molecular complexity index is 441. The largest absolute Gasteiger partial charge is 0.468 e. The lowest BCUT2D eigenvalue weighted by Gasteiger charge is -2.38. The van der Waals surface area contributed by atoms with Crippen LogP contribution in [0, 0.1) is 12.7 Å². The van der Waals surface area contributed by atoms with Gasteiger partial charge in [-0.2, -0.15) is 0 Å². The quantitative estimate of drug-likeness (QED) is 0.774. The van der Waals surface area contributed by atoms with E-state index in [-0.39, 0.29) is 11.8 Å². The van der Waals surface area contributed by atoms with Gasteiger partial charge in [-0.25, -0.2) is 4.39 Å². The summed E-state index contributed by atoms with van der Waals surface area (Å²) in [5.41, 5.74) is 0.866. The van der Waals surface area contributed by atoms with E-state index in [1.165, 1.54) is 31.0 Å². The molecule has 1 aromatic rings. The first-order valence-corrected chi connectivity index (χ1v) is 6.43. The van der Waals surface area contributed by atoms with E-state index in [1.54, 1.807) is 6.07 Å². The molecule has 0 spiro atoms. The first kappa shape index (κ1) is 12.4. The smallest absolute Gasteiger partial charge is 0.322 e. The molecule has 2 rings (SSSR count). The second kappa shape index (κ2) is 4.69. The number of rotatable bonds is 3. The highest BCUT2D eigenvalue weighted by molar-refractivity contribution is 8.01. The minimum Gasteiger partial charge on any atom is -0.468 e. The molecule has 1 saturated carbocycles. The van der Waals surface area contributed by atoms with Gasteiger partial charge in [0.2, 0.25) is 0 Å². The van der Waals surface area contributed by atoms with Crippen LogP contribution in [0.25, 0.3) is 0 Å². The molecule has 0 atom stereocenters. The molecule has 4 heteroatoms. The van der Waals surface area contributed by atoms with E-state index in [0.717, 1.165) is 29.7 Å². The summed E-state index contributed by atoms with van der Waals surface area (Å²) in [6.07, 6.45) is 2.71. The lowest BCUT2D eigenvalue weighted by Crippen LogP contribution is -2.42. The predicted octanol–water partition coefficient (Wildman–Crippen LogP) is 3.32. The van der Waals surface area contributed by atoms with Gasteiger partial charge in [0.25, 0.3) is 0 Å². The maximum Gasteiger partial charge on any atom is 0.322 e. The van der Waals surface area contributed by atoms with E-state index in [2.05, 4.69) is 0 Å². The Morgan fingerprint density at radius 1 is 1.47 bits per heavy atom. The van der Waals surface area contributed by atoms with Crippen LogP contribution < -0.4 is 0 Å². The Kier molecular flexibility index (Phi) is 3.43. The minimum atomic E-state index is -0.447. The highest BCUT2D eigenvalue weighted by Gasteiger charge is 2.46. The summed E-state index contributed by atoms with van der Waals surface area (Å²) in [5, 5.41) is 0. The van der Waals surface area contributed by atoms with Crippen molar-refractivity contribution in [1.29, 1.82) is 0 Å². The highest BCUT2D eigenvalue weighted by Crippen LogP contribution is 2.49. The molecule has 17 heavy (non-hydrogen) atoms. The molecule has 2 nitrogen and oxygen atoms in total. The minimum absolute atomic E-state index is 0.169. The third-order valence-electron chi connectivity index (χ3n) is 3.16. The van der Waals surface area contributed by atoms with E-state index < -0.39 is 4.75 Å². The van der Waals surface area contributed by atoms with Crippen LogP contribution >= 0.6 is 11.8 Å². The molecule has 0 N–H and O–H groups in total. The molecule has 0 aliphatic heterocycles. The van der Waals surface area contributed by atoms with Crippen molar-refractivity contribution >= 4 is 17.7 Å². The van der Waals surface area contributed by atoms with Crippen LogP contribution in [-0.2, 0) is 9.53 Å². The monoisotopic (exact) mass is 254 g/mol. The number of methoxy groups -OCH3 is 1. The number of ether oxygens (including phenoxy) is 1.